The number of β-lactam (4-membered cyclic amide) rings is 1. The zero-order valence-corrected chi connectivity index (χ0v) is 5.06. The minimum Gasteiger partial charge on any atom is -0.337 e. The smallest absolute Gasteiger partial charge is 0.255 e. The van der Waals surface area contributed by atoms with E-state index in [0.29, 0.717) is 0 Å². The molecular formula is C4H6NOP. The van der Waals surface area contributed by atoms with Crippen LogP contribution in [0.4, 0.5) is 0 Å². The van der Waals surface area contributed by atoms with Gasteiger partial charge in [-0.1, -0.05) is 0 Å². The Kier molecular flexibility index (Phi) is 0.894. The highest BCUT2D eigenvalue weighted by atomic mass is 31.0. The van der Waals surface area contributed by atoms with E-state index in [9.17, 15) is 4.79 Å². The third-order valence-corrected chi connectivity index (χ3v) is 1.37. The standard InChI is InChI=1S/C4H6NOP/c1-5-2-3(7)4(5)6/h7H,2H2,1H3. The van der Waals surface area contributed by atoms with E-state index in [2.05, 4.69) is 8.86 Å². The maximum atomic E-state index is 10.4. The molecule has 0 spiro atoms. The van der Waals surface area contributed by atoms with Crippen molar-refractivity contribution in [2.45, 2.75) is 0 Å². The largest absolute Gasteiger partial charge is 0.337 e. The molecule has 0 atom stereocenters. The fourth-order valence-corrected chi connectivity index (χ4v) is 0.944. The molecule has 1 amide bonds. The fourth-order valence-electron chi connectivity index (χ4n) is 0.516. The van der Waals surface area contributed by atoms with Crippen molar-refractivity contribution in [2.75, 3.05) is 13.6 Å². The van der Waals surface area contributed by atoms with E-state index in [1.807, 2.05) is 0 Å². The molecule has 0 aromatic carbocycles. The number of carbonyl (C=O) groups is 1. The molecule has 7 heavy (non-hydrogen) atoms. The predicted octanol–water partition coefficient (Wildman–Crippen LogP) is -0.226. The lowest BCUT2D eigenvalue weighted by atomic mass is 10.2. The quantitative estimate of drug-likeness (QED) is 0.315. The maximum Gasteiger partial charge on any atom is 0.255 e. The van der Waals surface area contributed by atoms with Crippen LogP contribution in [0.15, 0.2) is 0 Å². The summed E-state index contributed by atoms with van der Waals surface area (Å²) in [5.74, 6) is 0.108. The third-order valence-electron chi connectivity index (χ3n) is 1.00. The van der Waals surface area contributed by atoms with Crippen LogP contribution in [0, 0.1) is 0 Å². The Morgan fingerprint density at radius 1 is 1.86 bits per heavy atom. The number of hydrogen-bond acceptors (Lipinski definition) is 1. The van der Waals surface area contributed by atoms with Crippen molar-refractivity contribution in [3.8, 4) is 0 Å². The van der Waals surface area contributed by atoms with E-state index in [0.717, 1.165) is 11.8 Å². The van der Waals surface area contributed by atoms with Gasteiger partial charge < -0.3 is 4.90 Å². The van der Waals surface area contributed by atoms with Gasteiger partial charge in [0.1, 0.15) is 0 Å². The first kappa shape index (κ1) is 4.79. The van der Waals surface area contributed by atoms with Gasteiger partial charge in [-0.05, 0) is 0 Å². The van der Waals surface area contributed by atoms with Crippen LogP contribution < -0.4 is 0 Å². The first-order valence-electron chi connectivity index (χ1n) is 2.04. The van der Waals surface area contributed by atoms with Crippen LogP contribution in [-0.4, -0.2) is 29.7 Å². The second kappa shape index (κ2) is 1.31. The molecule has 0 unspecified atom stereocenters. The van der Waals surface area contributed by atoms with Gasteiger partial charge in [-0.15, -0.1) is 8.86 Å². The van der Waals surface area contributed by atoms with Crippen molar-refractivity contribution in [3.63, 3.8) is 0 Å². The highest BCUT2D eigenvalue weighted by Crippen LogP contribution is 2.02. The molecule has 0 bridgehead atoms. The van der Waals surface area contributed by atoms with Gasteiger partial charge in [0.05, 0.1) is 11.8 Å². The number of likely N-dealkylation sites (tertiary alicyclic amines) is 1. The van der Waals surface area contributed by atoms with Crippen LogP contribution in [0.3, 0.4) is 0 Å². The van der Waals surface area contributed by atoms with Gasteiger partial charge in [-0.3, -0.25) is 4.79 Å². The second-order valence-corrected chi connectivity index (χ2v) is 2.24. The number of hydrogen-bond donors (Lipinski definition) is 0. The molecule has 0 N–H and O–H groups in total. The molecule has 1 aliphatic rings. The molecule has 1 rings (SSSR count). The lowest BCUT2D eigenvalue weighted by Gasteiger charge is -2.27. The second-order valence-electron chi connectivity index (χ2n) is 1.64. The Hall–Kier alpha value is -0.360. The number of nitrogens with zero attached hydrogens (tertiary/aromatic N) is 1. The van der Waals surface area contributed by atoms with Crippen molar-refractivity contribution in [3.05, 3.63) is 0 Å². The van der Waals surface area contributed by atoms with Gasteiger partial charge in [0.25, 0.3) is 5.91 Å². The number of carbonyl (C=O) groups excluding carboxylic acids is 1. The third kappa shape index (κ3) is 0.552. The molecule has 0 aromatic heterocycles. The summed E-state index contributed by atoms with van der Waals surface area (Å²) in [6.07, 6.45) is 0. The van der Waals surface area contributed by atoms with Gasteiger partial charge in [0, 0.05) is 7.05 Å². The van der Waals surface area contributed by atoms with Gasteiger partial charge in [0.2, 0.25) is 0 Å². The average molecular weight is 115 g/mol. The van der Waals surface area contributed by atoms with Crippen molar-refractivity contribution >= 4 is 20.1 Å². The Bertz CT molecular complexity index is 132. The van der Waals surface area contributed by atoms with E-state index in [-0.39, 0.29) is 5.91 Å². The van der Waals surface area contributed by atoms with Crippen LogP contribution >= 0.6 is 8.86 Å². The summed E-state index contributed by atoms with van der Waals surface area (Å²) in [5, 5.41) is 0.780. The van der Waals surface area contributed by atoms with Crippen molar-refractivity contribution in [1.29, 1.82) is 0 Å². The maximum absolute atomic E-state index is 10.4. The fraction of sp³-hybridized carbons (Fsp3) is 0.500. The average Bonchev–Trinajstić information content (AvgIpc) is 1.68. The number of amides is 1. The monoisotopic (exact) mass is 115 g/mol. The SMILES string of the molecule is CN1CC(=P)C1=O. The van der Waals surface area contributed by atoms with Crippen molar-refractivity contribution in [1.82, 2.24) is 4.90 Å². The summed E-state index contributed by atoms with van der Waals surface area (Å²) in [7, 11) is 4.91. The predicted molar refractivity (Wildman–Crippen MR) is 31.0 cm³/mol. The summed E-state index contributed by atoms with van der Waals surface area (Å²) < 4.78 is 0. The molecule has 3 heteroatoms. The van der Waals surface area contributed by atoms with E-state index in [1.165, 1.54) is 0 Å². The highest BCUT2D eigenvalue weighted by molar-refractivity contribution is 7.26. The highest BCUT2D eigenvalue weighted by Gasteiger charge is 2.24. The van der Waals surface area contributed by atoms with E-state index < -0.39 is 0 Å². The summed E-state index contributed by atoms with van der Waals surface area (Å²) >= 11 is 0. The summed E-state index contributed by atoms with van der Waals surface area (Å²) in [5.41, 5.74) is 0. The van der Waals surface area contributed by atoms with Gasteiger partial charge in [-0.25, -0.2) is 0 Å². The van der Waals surface area contributed by atoms with Gasteiger partial charge in [-0.2, -0.15) is 0 Å². The summed E-state index contributed by atoms with van der Waals surface area (Å²) in [6, 6.07) is 0. The molecule has 2 nitrogen and oxygen atoms in total. The first-order chi connectivity index (χ1) is 3.22. The van der Waals surface area contributed by atoms with Crippen LogP contribution in [0.2, 0.25) is 0 Å². The molecule has 0 aliphatic carbocycles. The zero-order chi connectivity index (χ0) is 5.44. The van der Waals surface area contributed by atoms with Crippen LogP contribution in [0.25, 0.3) is 0 Å². The van der Waals surface area contributed by atoms with Crippen LogP contribution in [0.5, 0.6) is 0 Å². The number of rotatable bonds is 0. The lowest BCUT2D eigenvalue weighted by Crippen LogP contribution is -2.48. The van der Waals surface area contributed by atoms with E-state index in [1.54, 1.807) is 11.9 Å². The molecule has 1 aliphatic heterocycles. The first-order valence-corrected chi connectivity index (χ1v) is 2.54. The topological polar surface area (TPSA) is 20.3 Å². The zero-order valence-electron chi connectivity index (χ0n) is 4.06. The molecule has 1 fully saturated rings. The molecular weight excluding hydrogens is 109 g/mol. The van der Waals surface area contributed by atoms with Crippen molar-refractivity contribution in [2.24, 2.45) is 0 Å². The molecule has 1 saturated heterocycles. The van der Waals surface area contributed by atoms with Crippen LogP contribution in [0.1, 0.15) is 0 Å². The van der Waals surface area contributed by atoms with Gasteiger partial charge >= 0.3 is 0 Å². The Morgan fingerprint density at radius 2 is 2.43 bits per heavy atom. The molecule has 0 radical (unpaired) electrons. The molecule has 1 heterocycles. The van der Waals surface area contributed by atoms with Crippen LogP contribution in [-0.2, 0) is 4.79 Å². The van der Waals surface area contributed by atoms with Gasteiger partial charge in [0.15, 0.2) is 0 Å². The molecule has 0 saturated carbocycles. The van der Waals surface area contributed by atoms with E-state index in [4.69, 9.17) is 0 Å². The summed E-state index contributed by atoms with van der Waals surface area (Å²) in [4.78, 5) is 12.0. The Balaban J connectivity index is 2.60. The lowest BCUT2D eigenvalue weighted by molar-refractivity contribution is -0.125. The molecule has 0 aromatic rings. The minimum atomic E-state index is 0.108. The van der Waals surface area contributed by atoms with E-state index >= 15 is 0 Å². The van der Waals surface area contributed by atoms with Crippen molar-refractivity contribution < 1.29 is 4.79 Å². The Labute approximate surface area is 44.3 Å². The normalized spacial score (nSPS) is 19.9. The minimum absolute atomic E-state index is 0.108. The molecule has 38 valence electrons. The summed E-state index contributed by atoms with van der Waals surface area (Å²) in [6.45, 7) is 0.774. The Morgan fingerprint density at radius 3 is 2.43 bits per heavy atom.